The standard InChI is InChI=1S/C4H11N2PS/c1-3-4(2)7(5,6)8/h3H,1-2H3,(H4,5,6,8). The quantitative estimate of drug-likeness (QED) is 0.551. The van der Waals surface area contributed by atoms with Crippen molar-refractivity contribution >= 4 is 18.1 Å². The van der Waals surface area contributed by atoms with Crippen LogP contribution in [0.5, 0.6) is 0 Å². The second-order valence-electron chi connectivity index (χ2n) is 1.64. The van der Waals surface area contributed by atoms with E-state index >= 15 is 0 Å². The Bertz CT molecular complexity index is 146. The van der Waals surface area contributed by atoms with E-state index in [2.05, 4.69) is 0 Å². The maximum atomic E-state index is 5.42. The maximum Gasteiger partial charge on any atom is 0.0915 e. The van der Waals surface area contributed by atoms with Crippen LogP contribution in [0.25, 0.3) is 0 Å². The Balaban J connectivity index is 4.27. The molecule has 0 spiro atoms. The molecule has 0 aliphatic heterocycles. The minimum atomic E-state index is -2.06. The van der Waals surface area contributed by atoms with E-state index in [1.54, 1.807) is 0 Å². The molecule has 0 atom stereocenters. The molecule has 2 nitrogen and oxygen atoms in total. The summed E-state index contributed by atoms with van der Waals surface area (Å²) in [5.41, 5.74) is 10.8. The van der Waals surface area contributed by atoms with Crippen LogP contribution < -0.4 is 11.0 Å². The van der Waals surface area contributed by atoms with Gasteiger partial charge in [0.2, 0.25) is 0 Å². The fourth-order valence-corrected chi connectivity index (χ4v) is 0.922. The highest BCUT2D eigenvalue weighted by Gasteiger charge is 2.02. The molecule has 0 aromatic carbocycles. The van der Waals surface area contributed by atoms with Crippen molar-refractivity contribution in [2.45, 2.75) is 13.8 Å². The van der Waals surface area contributed by atoms with Gasteiger partial charge in [-0.3, -0.25) is 11.0 Å². The molecule has 0 saturated heterocycles. The molecule has 8 heavy (non-hydrogen) atoms. The monoisotopic (exact) mass is 150 g/mol. The molecule has 0 radical (unpaired) electrons. The predicted octanol–water partition coefficient (Wildman–Crippen LogP) is 1.14. The van der Waals surface area contributed by atoms with Crippen molar-refractivity contribution in [1.29, 1.82) is 0 Å². The van der Waals surface area contributed by atoms with Crippen molar-refractivity contribution in [2.75, 3.05) is 0 Å². The zero-order valence-corrected chi connectivity index (χ0v) is 6.80. The third kappa shape index (κ3) is 2.58. The molecule has 0 amide bonds. The SMILES string of the molecule is CC=C(C)P(N)(N)=S. The second-order valence-corrected chi connectivity index (χ2v) is 5.58. The Morgan fingerprint density at radius 1 is 1.62 bits per heavy atom. The average molecular weight is 150 g/mol. The summed E-state index contributed by atoms with van der Waals surface area (Å²) in [4.78, 5) is 0. The summed E-state index contributed by atoms with van der Waals surface area (Å²) >= 11 is 4.81. The molecular weight excluding hydrogens is 139 g/mol. The summed E-state index contributed by atoms with van der Waals surface area (Å²) in [5.74, 6) is 0. The molecule has 4 N–H and O–H groups in total. The molecule has 0 saturated carbocycles. The van der Waals surface area contributed by atoms with Gasteiger partial charge in [0.1, 0.15) is 0 Å². The van der Waals surface area contributed by atoms with Gasteiger partial charge in [0.05, 0.1) is 6.34 Å². The van der Waals surface area contributed by atoms with E-state index in [4.69, 9.17) is 22.8 Å². The average Bonchev–Trinajstić information content (AvgIpc) is 1.62. The van der Waals surface area contributed by atoms with Crippen LogP contribution in [0.4, 0.5) is 0 Å². The summed E-state index contributed by atoms with van der Waals surface area (Å²) in [7, 11) is 0. The van der Waals surface area contributed by atoms with Gasteiger partial charge in [0.25, 0.3) is 0 Å². The molecule has 0 aromatic heterocycles. The molecule has 4 heteroatoms. The molecule has 0 bridgehead atoms. The van der Waals surface area contributed by atoms with Gasteiger partial charge in [-0.15, -0.1) is 0 Å². The van der Waals surface area contributed by atoms with Crippen LogP contribution in [-0.4, -0.2) is 0 Å². The van der Waals surface area contributed by atoms with Gasteiger partial charge in [0, 0.05) is 0 Å². The molecule has 0 rings (SSSR count). The number of allylic oxidation sites excluding steroid dienone is 2. The maximum absolute atomic E-state index is 5.42. The van der Waals surface area contributed by atoms with E-state index in [0.29, 0.717) is 0 Å². The fourth-order valence-electron chi connectivity index (χ4n) is 0.202. The fraction of sp³-hybridized carbons (Fsp3) is 0.500. The third-order valence-corrected chi connectivity index (χ3v) is 3.19. The van der Waals surface area contributed by atoms with Gasteiger partial charge < -0.3 is 0 Å². The highest BCUT2D eigenvalue weighted by atomic mass is 32.4. The summed E-state index contributed by atoms with van der Waals surface area (Å²) in [6, 6.07) is 0. The molecular formula is C4H11N2PS. The Kier molecular flexibility index (Phi) is 2.84. The summed E-state index contributed by atoms with van der Waals surface area (Å²) in [6.07, 6.45) is -0.200. The first-order valence-corrected chi connectivity index (χ1v) is 5.23. The highest BCUT2D eigenvalue weighted by molar-refractivity contribution is 8.14. The zero-order valence-electron chi connectivity index (χ0n) is 5.09. The Labute approximate surface area is 55.1 Å². The molecule has 0 aliphatic carbocycles. The van der Waals surface area contributed by atoms with Crippen LogP contribution in [0.1, 0.15) is 13.8 Å². The van der Waals surface area contributed by atoms with E-state index < -0.39 is 6.34 Å². The van der Waals surface area contributed by atoms with Crippen LogP contribution in [-0.2, 0) is 11.8 Å². The lowest BCUT2D eigenvalue weighted by Crippen LogP contribution is -2.04. The van der Waals surface area contributed by atoms with E-state index in [9.17, 15) is 0 Å². The van der Waals surface area contributed by atoms with Gasteiger partial charge in [-0.1, -0.05) is 17.9 Å². The van der Waals surface area contributed by atoms with Crippen LogP contribution in [0.15, 0.2) is 11.4 Å². The summed E-state index contributed by atoms with van der Waals surface area (Å²) < 4.78 is 0. The number of hydrogen-bond acceptors (Lipinski definition) is 1. The molecule has 48 valence electrons. The smallest absolute Gasteiger partial charge is 0.0915 e. The van der Waals surface area contributed by atoms with Crippen LogP contribution in [0.2, 0.25) is 0 Å². The van der Waals surface area contributed by atoms with E-state index in [1.807, 2.05) is 19.9 Å². The Morgan fingerprint density at radius 2 is 2.00 bits per heavy atom. The topological polar surface area (TPSA) is 52.0 Å². The van der Waals surface area contributed by atoms with Crippen LogP contribution in [0.3, 0.4) is 0 Å². The van der Waals surface area contributed by atoms with Gasteiger partial charge in [-0.2, -0.15) is 0 Å². The zero-order chi connectivity index (χ0) is 6.78. The summed E-state index contributed by atoms with van der Waals surface area (Å²) in [6.45, 7) is 3.75. The Hall–Kier alpha value is 0.310. The van der Waals surface area contributed by atoms with E-state index in [1.165, 1.54) is 0 Å². The first kappa shape index (κ1) is 8.31. The molecule has 0 unspecified atom stereocenters. The molecule has 0 aromatic rings. The largest absolute Gasteiger partial charge is 0.288 e. The molecule has 0 fully saturated rings. The van der Waals surface area contributed by atoms with Crippen molar-refractivity contribution in [3.63, 3.8) is 0 Å². The first-order valence-electron chi connectivity index (χ1n) is 2.29. The highest BCUT2D eigenvalue weighted by Crippen LogP contribution is 2.36. The lowest BCUT2D eigenvalue weighted by atomic mass is 10.6. The van der Waals surface area contributed by atoms with Crippen molar-refractivity contribution in [1.82, 2.24) is 0 Å². The van der Waals surface area contributed by atoms with Gasteiger partial charge in [0.15, 0.2) is 0 Å². The van der Waals surface area contributed by atoms with Gasteiger partial charge in [-0.05, 0) is 19.2 Å². The van der Waals surface area contributed by atoms with Crippen molar-refractivity contribution in [3.05, 3.63) is 11.4 Å². The number of rotatable bonds is 1. The molecule has 0 heterocycles. The minimum Gasteiger partial charge on any atom is -0.288 e. The first-order chi connectivity index (χ1) is 3.48. The number of hydrogen-bond donors (Lipinski definition) is 2. The molecule has 0 aliphatic rings. The second kappa shape index (κ2) is 2.74. The van der Waals surface area contributed by atoms with Crippen molar-refractivity contribution < 1.29 is 0 Å². The normalized spacial score (nSPS) is 14.2. The van der Waals surface area contributed by atoms with Crippen LogP contribution >= 0.6 is 6.34 Å². The third-order valence-electron chi connectivity index (χ3n) is 0.969. The van der Waals surface area contributed by atoms with E-state index in [0.717, 1.165) is 5.31 Å². The minimum absolute atomic E-state index is 0.938. The van der Waals surface area contributed by atoms with Crippen LogP contribution in [0, 0.1) is 0 Å². The lowest BCUT2D eigenvalue weighted by Gasteiger charge is -2.08. The van der Waals surface area contributed by atoms with Crippen molar-refractivity contribution in [3.8, 4) is 0 Å². The van der Waals surface area contributed by atoms with Crippen molar-refractivity contribution in [2.24, 2.45) is 11.0 Å². The predicted molar refractivity (Wildman–Crippen MR) is 42.1 cm³/mol. The summed E-state index contributed by atoms with van der Waals surface area (Å²) in [5, 5.41) is 0.938. The lowest BCUT2D eigenvalue weighted by molar-refractivity contribution is 1.54. The van der Waals surface area contributed by atoms with Gasteiger partial charge in [-0.25, -0.2) is 0 Å². The Morgan fingerprint density at radius 3 is 2.00 bits per heavy atom. The van der Waals surface area contributed by atoms with E-state index in [-0.39, 0.29) is 0 Å². The number of nitrogens with two attached hydrogens (primary N) is 2. The van der Waals surface area contributed by atoms with Gasteiger partial charge >= 0.3 is 0 Å².